The van der Waals surface area contributed by atoms with Gasteiger partial charge < -0.3 is 5.32 Å². The monoisotopic (exact) mass is 267 g/mol. The molecule has 0 saturated carbocycles. The third kappa shape index (κ3) is 5.94. The summed E-state index contributed by atoms with van der Waals surface area (Å²) in [6.45, 7) is 3.62. The lowest BCUT2D eigenvalue weighted by molar-refractivity contribution is -0.137. The molecule has 1 aromatic carbocycles. The van der Waals surface area contributed by atoms with E-state index < -0.39 is 11.7 Å². The Balaban J connectivity index is 0.00000256. The minimum absolute atomic E-state index is 0. The number of nitrogens with one attached hydrogen (secondary N) is 1. The SMILES string of the molecule is CCCCNCc1ccc(C(F)(F)F)cc1.Cl. The van der Waals surface area contributed by atoms with Gasteiger partial charge in [0.05, 0.1) is 5.56 Å². The van der Waals surface area contributed by atoms with Crippen molar-refractivity contribution in [3.05, 3.63) is 35.4 Å². The Bertz CT molecular complexity index is 309. The molecule has 0 atom stereocenters. The van der Waals surface area contributed by atoms with Crippen LogP contribution in [0.15, 0.2) is 24.3 Å². The number of benzene rings is 1. The van der Waals surface area contributed by atoms with Crippen molar-refractivity contribution in [3.8, 4) is 0 Å². The molecule has 98 valence electrons. The van der Waals surface area contributed by atoms with Gasteiger partial charge in [0, 0.05) is 6.54 Å². The minimum atomic E-state index is -4.24. The zero-order valence-corrected chi connectivity index (χ0v) is 10.5. The topological polar surface area (TPSA) is 12.0 Å². The van der Waals surface area contributed by atoms with E-state index in [0.29, 0.717) is 6.54 Å². The van der Waals surface area contributed by atoms with Gasteiger partial charge in [0.1, 0.15) is 0 Å². The lowest BCUT2D eigenvalue weighted by atomic mass is 10.1. The minimum Gasteiger partial charge on any atom is -0.313 e. The van der Waals surface area contributed by atoms with Crippen molar-refractivity contribution in [1.29, 1.82) is 0 Å². The molecule has 0 aliphatic heterocycles. The molecule has 0 bridgehead atoms. The van der Waals surface area contributed by atoms with Crippen LogP contribution in [0.1, 0.15) is 30.9 Å². The Hall–Kier alpha value is -0.740. The van der Waals surface area contributed by atoms with Crippen LogP contribution in [-0.2, 0) is 12.7 Å². The van der Waals surface area contributed by atoms with E-state index in [-0.39, 0.29) is 12.4 Å². The zero-order chi connectivity index (χ0) is 12.0. The average Bonchev–Trinajstić information content (AvgIpc) is 2.24. The Labute approximate surface area is 106 Å². The standard InChI is InChI=1S/C12H16F3N.ClH/c1-2-3-8-16-9-10-4-6-11(7-5-10)12(13,14)15;/h4-7,16H,2-3,8-9H2,1H3;1H. The van der Waals surface area contributed by atoms with Gasteiger partial charge in [0.25, 0.3) is 0 Å². The molecule has 0 aromatic heterocycles. The first-order valence-corrected chi connectivity index (χ1v) is 5.41. The fraction of sp³-hybridized carbons (Fsp3) is 0.500. The predicted molar refractivity (Wildman–Crippen MR) is 65.3 cm³/mol. The van der Waals surface area contributed by atoms with Crippen molar-refractivity contribution >= 4 is 12.4 Å². The third-order valence-electron chi connectivity index (χ3n) is 2.32. The van der Waals surface area contributed by atoms with Gasteiger partial charge in [-0.15, -0.1) is 12.4 Å². The number of hydrogen-bond donors (Lipinski definition) is 1. The highest BCUT2D eigenvalue weighted by atomic mass is 35.5. The van der Waals surface area contributed by atoms with Gasteiger partial charge in [-0.1, -0.05) is 25.5 Å². The smallest absolute Gasteiger partial charge is 0.313 e. The summed E-state index contributed by atoms with van der Waals surface area (Å²) in [7, 11) is 0. The fourth-order valence-electron chi connectivity index (χ4n) is 1.35. The highest BCUT2D eigenvalue weighted by Gasteiger charge is 2.29. The molecule has 5 heteroatoms. The first-order valence-electron chi connectivity index (χ1n) is 5.41. The van der Waals surface area contributed by atoms with Crippen molar-refractivity contribution in [2.75, 3.05) is 6.54 Å². The molecule has 0 radical (unpaired) electrons. The fourth-order valence-corrected chi connectivity index (χ4v) is 1.35. The molecule has 0 heterocycles. The molecule has 1 aromatic rings. The number of halogens is 4. The molecule has 0 amide bonds. The number of alkyl halides is 3. The van der Waals surface area contributed by atoms with Gasteiger partial charge in [-0.25, -0.2) is 0 Å². The van der Waals surface area contributed by atoms with E-state index >= 15 is 0 Å². The Morgan fingerprint density at radius 2 is 1.71 bits per heavy atom. The molecule has 0 unspecified atom stereocenters. The summed E-state index contributed by atoms with van der Waals surface area (Å²) in [6, 6.07) is 5.28. The number of rotatable bonds is 5. The molecular formula is C12H17ClF3N. The van der Waals surface area contributed by atoms with Crippen molar-refractivity contribution in [1.82, 2.24) is 5.32 Å². The molecule has 1 N–H and O–H groups in total. The summed E-state index contributed by atoms with van der Waals surface area (Å²) in [5.74, 6) is 0. The summed E-state index contributed by atoms with van der Waals surface area (Å²) in [5, 5.41) is 3.18. The number of hydrogen-bond acceptors (Lipinski definition) is 1. The van der Waals surface area contributed by atoms with Crippen LogP contribution >= 0.6 is 12.4 Å². The average molecular weight is 268 g/mol. The maximum absolute atomic E-state index is 12.3. The molecule has 0 fully saturated rings. The van der Waals surface area contributed by atoms with E-state index in [1.54, 1.807) is 0 Å². The van der Waals surface area contributed by atoms with Gasteiger partial charge in [0.2, 0.25) is 0 Å². The third-order valence-corrected chi connectivity index (χ3v) is 2.32. The van der Waals surface area contributed by atoms with Crippen LogP contribution in [0.3, 0.4) is 0 Å². The molecule has 0 aliphatic carbocycles. The summed E-state index contributed by atoms with van der Waals surface area (Å²) in [4.78, 5) is 0. The van der Waals surface area contributed by atoms with Gasteiger partial charge in [-0.2, -0.15) is 13.2 Å². The largest absolute Gasteiger partial charge is 0.416 e. The van der Waals surface area contributed by atoms with Crippen LogP contribution in [0.25, 0.3) is 0 Å². The second-order valence-electron chi connectivity index (χ2n) is 3.73. The molecule has 0 aliphatic rings. The normalized spacial score (nSPS) is 11.1. The van der Waals surface area contributed by atoms with Crippen molar-refractivity contribution in [2.24, 2.45) is 0 Å². The number of unbranched alkanes of at least 4 members (excludes halogenated alkanes) is 1. The van der Waals surface area contributed by atoms with Gasteiger partial charge in [-0.3, -0.25) is 0 Å². The van der Waals surface area contributed by atoms with Crippen LogP contribution in [0, 0.1) is 0 Å². The maximum atomic E-state index is 12.3. The van der Waals surface area contributed by atoms with Gasteiger partial charge in [-0.05, 0) is 30.7 Å². The lowest BCUT2D eigenvalue weighted by Gasteiger charge is -2.08. The quantitative estimate of drug-likeness (QED) is 0.795. The predicted octanol–water partition coefficient (Wildman–Crippen LogP) is 4.02. The highest BCUT2D eigenvalue weighted by Crippen LogP contribution is 2.28. The molecule has 0 spiro atoms. The van der Waals surface area contributed by atoms with E-state index in [1.165, 1.54) is 12.1 Å². The van der Waals surface area contributed by atoms with Gasteiger partial charge >= 0.3 is 6.18 Å². The lowest BCUT2D eigenvalue weighted by Crippen LogP contribution is -2.14. The first kappa shape index (κ1) is 16.3. The van der Waals surface area contributed by atoms with E-state index in [2.05, 4.69) is 12.2 Å². The Kier molecular flexibility index (Phi) is 7.23. The van der Waals surface area contributed by atoms with Crippen LogP contribution in [0.4, 0.5) is 13.2 Å². The summed E-state index contributed by atoms with van der Waals surface area (Å²) in [5.41, 5.74) is 0.286. The van der Waals surface area contributed by atoms with E-state index in [0.717, 1.165) is 37.1 Å². The van der Waals surface area contributed by atoms with Crippen LogP contribution in [-0.4, -0.2) is 6.54 Å². The Morgan fingerprint density at radius 3 is 2.18 bits per heavy atom. The highest BCUT2D eigenvalue weighted by molar-refractivity contribution is 5.85. The van der Waals surface area contributed by atoms with Crippen LogP contribution in [0.5, 0.6) is 0 Å². The summed E-state index contributed by atoms with van der Waals surface area (Å²) in [6.07, 6.45) is -2.05. The molecule has 1 rings (SSSR count). The second-order valence-corrected chi connectivity index (χ2v) is 3.73. The maximum Gasteiger partial charge on any atom is 0.416 e. The van der Waals surface area contributed by atoms with Crippen molar-refractivity contribution < 1.29 is 13.2 Å². The second kappa shape index (κ2) is 7.56. The van der Waals surface area contributed by atoms with E-state index in [9.17, 15) is 13.2 Å². The zero-order valence-electron chi connectivity index (χ0n) is 9.68. The molecule has 0 saturated heterocycles. The van der Waals surface area contributed by atoms with E-state index in [1.807, 2.05) is 0 Å². The van der Waals surface area contributed by atoms with Crippen molar-refractivity contribution in [2.45, 2.75) is 32.5 Å². The molecule has 17 heavy (non-hydrogen) atoms. The van der Waals surface area contributed by atoms with Gasteiger partial charge in [0.15, 0.2) is 0 Å². The summed E-state index contributed by atoms with van der Waals surface area (Å²) >= 11 is 0. The van der Waals surface area contributed by atoms with Crippen molar-refractivity contribution in [3.63, 3.8) is 0 Å². The van der Waals surface area contributed by atoms with Crippen LogP contribution < -0.4 is 5.32 Å². The van der Waals surface area contributed by atoms with Crippen LogP contribution in [0.2, 0.25) is 0 Å². The first-order chi connectivity index (χ1) is 7.54. The molecular weight excluding hydrogens is 251 g/mol. The van der Waals surface area contributed by atoms with E-state index in [4.69, 9.17) is 0 Å². The summed E-state index contributed by atoms with van der Waals surface area (Å²) < 4.78 is 36.8. The Morgan fingerprint density at radius 1 is 1.12 bits per heavy atom. The molecule has 1 nitrogen and oxygen atoms in total.